The van der Waals surface area contributed by atoms with E-state index >= 15 is 0 Å². The number of nitrogens with zero attached hydrogens (tertiary/aromatic N) is 2. The number of nitrogens with one attached hydrogen (secondary N) is 2. The van der Waals surface area contributed by atoms with Gasteiger partial charge in [-0.1, -0.05) is 30.3 Å². The van der Waals surface area contributed by atoms with E-state index in [1.165, 1.54) is 6.92 Å². The summed E-state index contributed by atoms with van der Waals surface area (Å²) in [6.07, 6.45) is 1.32. The Morgan fingerprint density at radius 2 is 1.54 bits per heavy atom. The molecule has 0 bridgehead atoms. The van der Waals surface area contributed by atoms with E-state index in [2.05, 4.69) is 20.8 Å². The minimum absolute atomic E-state index is 0.0843. The van der Waals surface area contributed by atoms with Gasteiger partial charge in [-0.15, -0.1) is 10.2 Å². The standard InChI is InChI=1S/C19H18N4O3/c1-13(24)20-15-8-10-16(11-9-15)21-18(25)19-23-22-17(26-19)12-7-14-5-3-2-4-6-14/h2-6,8-11H,7,12H2,1H3,(H,20,24)(H,21,25). The van der Waals surface area contributed by atoms with Crippen LogP contribution >= 0.6 is 0 Å². The van der Waals surface area contributed by atoms with E-state index in [-0.39, 0.29) is 11.8 Å². The Bertz CT molecular complexity index is 889. The Hall–Kier alpha value is -3.48. The lowest BCUT2D eigenvalue weighted by Crippen LogP contribution is -2.12. The zero-order chi connectivity index (χ0) is 18.4. The average Bonchev–Trinajstić information content (AvgIpc) is 3.11. The number of anilines is 2. The molecule has 7 heteroatoms. The van der Waals surface area contributed by atoms with Gasteiger partial charge in [0.05, 0.1) is 0 Å². The van der Waals surface area contributed by atoms with Crippen molar-refractivity contribution in [2.45, 2.75) is 19.8 Å². The largest absolute Gasteiger partial charge is 0.417 e. The fourth-order valence-electron chi connectivity index (χ4n) is 2.37. The van der Waals surface area contributed by atoms with Gasteiger partial charge in [-0.3, -0.25) is 9.59 Å². The third kappa shape index (κ3) is 4.76. The maximum absolute atomic E-state index is 12.2. The summed E-state index contributed by atoms with van der Waals surface area (Å²) in [5.41, 5.74) is 2.38. The molecule has 0 spiro atoms. The van der Waals surface area contributed by atoms with Gasteiger partial charge in [0.15, 0.2) is 0 Å². The van der Waals surface area contributed by atoms with Gasteiger partial charge < -0.3 is 15.1 Å². The second-order valence-electron chi connectivity index (χ2n) is 5.70. The van der Waals surface area contributed by atoms with Crippen molar-refractivity contribution in [3.8, 4) is 0 Å². The monoisotopic (exact) mass is 350 g/mol. The molecule has 0 aliphatic heterocycles. The lowest BCUT2D eigenvalue weighted by molar-refractivity contribution is -0.114. The fraction of sp³-hybridized carbons (Fsp3) is 0.158. The molecule has 0 saturated heterocycles. The first-order chi connectivity index (χ1) is 12.6. The van der Waals surface area contributed by atoms with Crippen molar-refractivity contribution in [3.63, 3.8) is 0 Å². The number of rotatable bonds is 6. The van der Waals surface area contributed by atoms with Crippen LogP contribution in [0.1, 0.15) is 29.1 Å². The van der Waals surface area contributed by atoms with Crippen LogP contribution in [0.5, 0.6) is 0 Å². The molecule has 2 amide bonds. The van der Waals surface area contributed by atoms with Crippen LogP contribution in [-0.4, -0.2) is 22.0 Å². The summed E-state index contributed by atoms with van der Waals surface area (Å²) in [6, 6.07) is 16.7. The second kappa shape index (κ2) is 8.06. The molecule has 0 radical (unpaired) electrons. The molecule has 7 nitrogen and oxygen atoms in total. The predicted octanol–water partition coefficient (Wildman–Crippen LogP) is 3.07. The molecular weight excluding hydrogens is 332 g/mol. The zero-order valence-corrected chi connectivity index (χ0v) is 14.2. The lowest BCUT2D eigenvalue weighted by atomic mass is 10.1. The van der Waals surface area contributed by atoms with Gasteiger partial charge in [-0.2, -0.15) is 0 Å². The number of amides is 2. The van der Waals surface area contributed by atoms with Crippen molar-refractivity contribution in [1.29, 1.82) is 0 Å². The van der Waals surface area contributed by atoms with Crippen LogP contribution in [0.25, 0.3) is 0 Å². The third-order valence-corrected chi connectivity index (χ3v) is 3.59. The van der Waals surface area contributed by atoms with E-state index < -0.39 is 5.91 Å². The van der Waals surface area contributed by atoms with Crippen molar-refractivity contribution in [2.75, 3.05) is 10.6 Å². The third-order valence-electron chi connectivity index (χ3n) is 3.59. The van der Waals surface area contributed by atoms with Gasteiger partial charge in [-0.05, 0) is 36.2 Å². The molecule has 3 rings (SSSR count). The van der Waals surface area contributed by atoms with Crippen LogP contribution in [0.15, 0.2) is 59.0 Å². The Morgan fingerprint density at radius 3 is 2.19 bits per heavy atom. The zero-order valence-electron chi connectivity index (χ0n) is 14.2. The normalized spacial score (nSPS) is 10.3. The Morgan fingerprint density at radius 1 is 0.885 bits per heavy atom. The summed E-state index contributed by atoms with van der Waals surface area (Å²) >= 11 is 0. The van der Waals surface area contributed by atoms with Crippen molar-refractivity contribution >= 4 is 23.2 Å². The number of aryl methyl sites for hydroxylation is 2. The SMILES string of the molecule is CC(=O)Nc1ccc(NC(=O)c2nnc(CCc3ccccc3)o2)cc1. The van der Waals surface area contributed by atoms with Crippen LogP contribution in [0, 0.1) is 0 Å². The van der Waals surface area contributed by atoms with Gasteiger partial charge in [0.2, 0.25) is 11.8 Å². The van der Waals surface area contributed by atoms with E-state index in [1.54, 1.807) is 24.3 Å². The lowest BCUT2D eigenvalue weighted by Gasteiger charge is -2.05. The number of carbonyl (C=O) groups excluding carboxylic acids is 2. The fourth-order valence-corrected chi connectivity index (χ4v) is 2.37. The van der Waals surface area contributed by atoms with Crippen molar-refractivity contribution < 1.29 is 14.0 Å². The van der Waals surface area contributed by atoms with Crippen molar-refractivity contribution in [2.24, 2.45) is 0 Å². The molecule has 0 unspecified atom stereocenters. The van der Waals surface area contributed by atoms with E-state index in [4.69, 9.17) is 4.42 Å². The molecule has 0 fully saturated rings. The van der Waals surface area contributed by atoms with Gasteiger partial charge >= 0.3 is 11.8 Å². The van der Waals surface area contributed by atoms with Crippen molar-refractivity contribution in [1.82, 2.24) is 10.2 Å². The number of carbonyl (C=O) groups is 2. The van der Waals surface area contributed by atoms with E-state index in [0.29, 0.717) is 23.7 Å². The van der Waals surface area contributed by atoms with Gasteiger partial charge in [-0.25, -0.2) is 0 Å². The summed E-state index contributed by atoms with van der Waals surface area (Å²) in [7, 11) is 0. The first kappa shape index (κ1) is 17.3. The van der Waals surface area contributed by atoms with E-state index in [0.717, 1.165) is 12.0 Å². The van der Waals surface area contributed by atoms with Crippen LogP contribution in [0.3, 0.4) is 0 Å². The highest BCUT2D eigenvalue weighted by Gasteiger charge is 2.15. The molecular formula is C19H18N4O3. The molecule has 1 heterocycles. The number of benzene rings is 2. The highest BCUT2D eigenvalue weighted by Crippen LogP contribution is 2.15. The van der Waals surface area contributed by atoms with Gasteiger partial charge in [0, 0.05) is 24.7 Å². The molecule has 1 aromatic heterocycles. The Labute approximate surface area is 150 Å². The van der Waals surface area contributed by atoms with Gasteiger partial charge in [0.1, 0.15) is 0 Å². The van der Waals surface area contributed by atoms with E-state index in [1.807, 2.05) is 30.3 Å². The summed E-state index contributed by atoms with van der Waals surface area (Å²) in [5.74, 6) is -0.301. The summed E-state index contributed by atoms with van der Waals surface area (Å²) in [4.78, 5) is 23.2. The van der Waals surface area contributed by atoms with Crippen molar-refractivity contribution in [3.05, 3.63) is 71.9 Å². The van der Waals surface area contributed by atoms with Crippen LogP contribution in [0.4, 0.5) is 11.4 Å². The average molecular weight is 350 g/mol. The predicted molar refractivity (Wildman–Crippen MR) is 96.8 cm³/mol. The molecule has 0 saturated carbocycles. The first-order valence-electron chi connectivity index (χ1n) is 8.15. The molecule has 0 aliphatic carbocycles. The topological polar surface area (TPSA) is 97.1 Å². The van der Waals surface area contributed by atoms with Crippen LogP contribution in [-0.2, 0) is 17.6 Å². The van der Waals surface area contributed by atoms with Crippen LogP contribution < -0.4 is 10.6 Å². The molecule has 0 aliphatic rings. The maximum Gasteiger partial charge on any atom is 0.313 e. The summed E-state index contributed by atoms with van der Waals surface area (Å²) in [6.45, 7) is 1.43. The smallest absolute Gasteiger partial charge is 0.313 e. The molecule has 2 N–H and O–H groups in total. The Balaban J connectivity index is 1.56. The molecule has 0 atom stereocenters. The van der Waals surface area contributed by atoms with Gasteiger partial charge in [0.25, 0.3) is 0 Å². The second-order valence-corrected chi connectivity index (χ2v) is 5.70. The number of hydrogen-bond acceptors (Lipinski definition) is 5. The Kier molecular flexibility index (Phi) is 5.38. The number of aromatic nitrogens is 2. The molecule has 2 aromatic carbocycles. The van der Waals surface area contributed by atoms with E-state index in [9.17, 15) is 9.59 Å². The highest BCUT2D eigenvalue weighted by atomic mass is 16.4. The quantitative estimate of drug-likeness (QED) is 0.712. The van der Waals surface area contributed by atoms with Crippen LogP contribution in [0.2, 0.25) is 0 Å². The molecule has 3 aromatic rings. The molecule has 132 valence electrons. The highest BCUT2D eigenvalue weighted by molar-refractivity contribution is 6.01. The minimum Gasteiger partial charge on any atom is -0.417 e. The number of hydrogen-bond donors (Lipinski definition) is 2. The first-order valence-corrected chi connectivity index (χ1v) is 8.15. The summed E-state index contributed by atoms with van der Waals surface area (Å²) in [5, 5.41) is 13.0. The minimum atomic E-state index is -0.476. The molecule has 26 heavy (non-hydrogen) atoms. The summed E-state index contributed by atoms with van der Waals surface area (Å²) < 4.78 is 5.42. The maximum atomic E-state index is 12.2.